The Morgan fingerprint density at radius 1 is 1.14 bits per heavy atom. The molecule has 3 N–H and O–H groups in total. The average molecular weight is 330 g/mol. The second-order valence-corrected chi connectivity index (χ2v) is 7.99. The largest absolute Gasteiger partial charge is 0.390 e. The van der Waals surface area contributed by atoms with Gasteiger partial charge in [-0.15, -0.1) is 11.8 Å². The van der Waals surface area contributed by atoms with Crippen molar-refractivity contribution in [3.63, 3.8) is 0 Å². The maximum absolute atomic E-state index is 9.68. The zero-order valence-electron chi connectivity index (χ0n) is 14.5. The van der Waals surface area contributed by atoms with Crippen molar-refractivity contribution >= 4 is 23.7 Å². The third-order valence-corrected chi connectivity index (χ3v) is 5.49. The van der Waals surface area contributed by atoms with Crippen LogP contribution >= 0.6 is 23.7 Å². The van der Waals surface area contributed by atoms with Crippen molar-refractivity contribution in [3.8, 4) is 0 Å². The molecule has 0 spiro atoms. The van der Waals surface area contributed by atoms with Gasteiger partial charge >= 0.3 is 0 Å². The number of nitrogens with two attached hydrogens (primary N) is 1. The van der Waals surface area contributed by atoms with Crippen LogP contribution in [-0.4, -0.2) is 17.0 Å². The maximum atomic E-state index is 9.68. The molecule has 0 saturated heterocycles. The standard InChI is InChI=1S/C9H20O.C8H11NS2/c1-6-7-8(2,3)9(4,5)10;1-6-3-4-7(10-2)8(5-6)11-9/h10H,6-7H2,1-5H3;3-5H,9H2,1-2H3. The minimum absolute atomic E-state index is 0.0434. The van der Waals surface area contributed by atoms with E-state index in [4.69, 9.17) is 5.14 Å². The minimum Gasteiger partial charge on any atom is -0.390 e. The Labute approximate surface area is 139 Å². The van der Waals surface area contributed by atoms with Crippen molar-refractivity contribution in [1.29, 1.82) is 0 Å². The third kappa shape index (κ3) is 7.09. The summed E-state index contributed by atoms with van der Waals surface area (Å²) in [5.41, 5.74) is 0.751. The minimum atomic E-state index is -0.553. The molecular formula is C17H31NOS2. The number of rotatable bonds is 5. The number of thioether (sulfide) groups is 1. The SMILES string of the molecule is CCCC(C)(C)C(C)(C)O.CSc1ccc(C)cc1SN. The summed E-state index contributed by atoms with van der Waals surface area (Å²) in [7, 11) is 0. The monoisotopic (exact) mass is 329 g/mol. The molecule has 1 rings (SSSR count). The first kappa shape index (κ1) is 20.8. The Kier molecular flexibility index (Phi) is 9.02. The van der Waals surface area contributed by atoms with Gasteiger partial charge in [-0.25, -0.2) is 0 Å². The van der Waals surface area contributed by atoms with Gasteiger partial charge in [0.05, 0.1) is 5.60 Å². The van der Waals surface area contributed by atoms with Crippen LogP contribution in [0.5, 0.6) is 0 Å². The summed E-state index contributed by atoms with van der Waals surface area (Å²) in [6.07, 6.45) is 4.28. The van der Waals surface area contributed by atoms with Crippen molar-refractivity contribution in [2.45, 2.75) is 69.8 Å². The van der Waals surface area contributed by atoms with Gasteiger partial charge in [0.15, 0.2) is 0 Å². The van der Waals surface area contributed by atoms with Crippen molar-refractivity contribution in [2.75, 3.05) is 6.26 Å². The second-order valence-electron chi connectivity index (χ2n) is 6.47. The molecule has 0 heterocycles. The van der Waals surface area contributed by atoms with Crippen LogP contribution in [-0.2, 0) is 0 Å². The third-order valence-electron chi connectivity index (χ3n) is 3.98. The fourth-order valence-corrected chi connectivity index (χ4v) is 3.10. The van der Waals surface area contributed by atoms with Gasteiger partial charge in [-0.1, -0.05) is 33.3 Å². The smallest absolute Gasteiger partial charge is 0.0642 e. The van der Waals surface area contributed by atoms with Gasteiger partial charge in [0, 0.05) is 9.79 Å². The normalized spacial score (nSPS) is 11.9. The number of hydrogen-bond donors (Lipinski definition) is 2. The van der Waals surface area contributed by atoms with E-state index in [2.05, 4.69) is 52.1 Å². The van der Waals surface area contributed by atoms with Crippen molar-refractivity contribution < 1.29 is 5.11 Å². The van der Waals surface area contributed by atoms with Gasteiger partial charge in [-0.2, -0.15) is 0 Å². The average Bonchev–Trinajstić information content (AvgIpc) is 2.38. The highest BCUT2D eigenvalue weighted by Crippen LogP contribution is 2.34. The zero-order chi connectivity index (χ0) is 16.7. The van der Waals surface area contributed by atoms with Crippen molar-refractivity contribution in [1.82, 2.24) is 0 Å². The Morgan fingerprint density at radius 2 is 1.71 bits per heavy atom. The van der Waals surface area contributed by atoms with Crippen molar-refractivity contribution in [2.24, 2.45) is 10.6 Å². The molecule has 122 valence electrons. The molecule has 1 aromatic rings. The number of aliphatic hydroxyl groups is 1. The fourth-order valence-electron chi connectivity index (χ4n) is 1.81. The molecule has 1 aromatic carbocycles. The summed E-state index contributed by atoms with van der Waals surface area (Å²) >= 11 is 3.04. The van der Waals surface area contributed by atoms with Gasteiger partial charge in [-0.3, -0.25) is 5.14 Å². The van der Waals surface area contributed by atoms with E-state index in [0.717, 1.165) is 17.7 Å². The molecule has 0 aliphatic carbocycles. The van der Waals surface area contributed by atoms with E-state index in [9.17, 15) is 5.11 Å². The summed E-state index contributed by atoms with van der Waals surface area (Å²) in [6, 6.07) is 6.32. The molecule has 21 heavy (non-hydrogen) atoms. The van der Waals surface area contributed by atoms with E-state index in [0.29, 0.717) is 0 Å². The highest BCUT2D eigenvalue weighted by molar-refractivity contribution is 8.01. The highest BCUT2D eigenvalue weighted by atomic mass is 32.2. The molecular weight excluding hydrogens is 298 g/mol. The van der Waals surface area contributed by atoms with E-state index >= 15 is 0 Å². The van der Waals surface area contributed by atoms with Crippen LogP contribution in [0, 0.1) is 12.3 Å². The lowest BCUT2D eigenvalue weighted by atomic mass is 9.74. The molecule has 0 radical (unpaired) electrons. The molecule has 0 bridgehead atoms. The highest BCUT2D eigenvalue weighted by Gasteiger charge is 2.33. The van der Waals surface area contributed by atoms with Gasteiger partial charge in [-0.05, 0) is 68.5 Å². The molecule has 0 aliphatic heterocycles. The lowest BCUT2D eigenvalue weighted by molar-refractivity contribution is -0.0396. The summed E-state index contributed by atoms with van der Waals surface area (Å²) < 4.78 is 0. The van der Waals surface area contributed by atoms with E-state index < -0.39 is 5.60 Å². The van der Waals surface area contributed by atoms with Gasteiger partial charge < -0.3 is 5.11 Å². The van der Waals surface area contributed by atoms with Crippen LogP contribution in [0.15, 0.2) is 28.0 Å². The van der Waals surface area contributed by atoms with E-state index in [1.54, 1.807) is 11.8 Å². The quantitative estimate of drug-likeness (QED) is 0.571. The summed E-state index contributed by atoms with van der Waals surface area (Å²) in [4.78, 5) is 2.42. The summed E-state index contributed by atoms with van der Waals surface area (Å²) in [5, 5.41) is 15.2. The number of benzene rings is 1. The molecule has 2 nitrogen and oxygen atoms in total. The lowest BCUT2D eigenvalue weighted by Gasteiger charge is -2.37. The maximum Gasteiger partial charge on any atom is 0.0642 e. The van der Waals surface area contributed by atoms with Crippen LogP contribution in [0.1, 0.15) is 53.0 Å². The molecule has 4 heteroatoms. The predicted octanol–water partition coefficient (Wildman–Crippen LogP) is 5.27. The van der Waals surface area contributed by atoms with Crippen LogP contribution in [0.25, 0.3) is 0 Å². The van der Waals surface area contributed by atoms with Crippen molar-refractivity contribution in [3.05, 3.63) is 23.8 Å². The zero-order valence-corrected chi connectivity index (χ0v) is 16.1. The first-order valence-corrected chi connectivity index (χ1v) is 9.43. The van der Waals surface area contributed by atoms with E-state index in [-0.39, 0.29) is 5.41 Å². The van der Waals surface area contributed by atoms with Crippen LogP contribution in [0.4, 0.5) is 0 Å². The van der Waals surface area contributed by atoms with Crippen LogP contribution in [0.2, 0.25) is 0 Å². The summed E-state index contributed by atoms with van der Waals surface area (Å²) in [5.74, 6) is 0. The Bertz CT molecular complexity index is 425. The molecule has 0 fully saturated rings. The fraction of sp³-hybridized carbons (Fsp3) is 0.647. The van der Waals surface area contributed by atoms with Gasteiger partial charge in [0.25, 0.3) is 0 Å². The molecule has 0 amide bonds. The first-order valence-electron chi connectivity index (χ1n) is 7.32. The first-order chi connectivity index (χ1) is 9.59. The number of hydrogen-bond acceptors (Lipinski definition) is 4. The Balaban J connectivity index is 0.000000384. The van der Waals surface area contributed by atoms with Crippen LogP contribution in [0.3, 0.4) is 0 Å². The molecule has 0 unspecified atom stereocenters. The van der Waals surface area contributed by atoms with Gasteiger partial charge in [0.1, 0.15) is 0 Å². The predicted molar refractivity (Wildman–Crippen MR) is 98.0 cm³/mol. The Hall–Kier alpha value is -0.160. The molecule has 0 aliphatic rings. The summed E-state index contributed by atoms with van der Waals surface area (Å²) in [6.45, 7) is 12.2. The van der Waals surface area contributed by atoms with E-state index in [1.807, 2.05) is 13.8 Å². The van der Waals surface area contributed by atoms with Gasteiger partial charge in [0.2, 0.25) is 0 Å². The lowest BCUT2D eigenvalue weighted by Crippen LogP contribution is -2.38. The number of aryl methyl sites for hydroxylation is 1. The Morgan fingerprint density at radius 3 is 2.05 bits per heavy atom. The topological polar surface area (TPSA) is 46.2 Å². The molecule has 0 saturated carbocycles. The molecule has 0 aromatic heterocycles. The van der Waals surface area contributed by atoms with E-state index in [1.165, 1.54) is 22.4 Å². The second kappa shape index (κ2) is 9.09. The van der Waals surface area contributed by atoms with Crippen LogP contribution < -0.4 is 5.14 Å². The molecule has 0 atom stereocenters.